The highest BCUT2D eigenvalue weighted by atomic mass is 32.1. The van der Waals surface area contributed by atoms with Gasteiger partial charge in [-0.15, -0.1) is 11.3 Å². The highest BCUT2D eigenvalue weighted by molar-refractivity contribution is 7.13. The Balaban J connectivity index is 1.63. The van der Waals surface area contributed by atoms with Gasteiger partial charge in [0, 0.05) is 5.69 Å². The minimum atomic E-state index is -0.0970. The molecule has 0 spiro atoms. The quantitative estimate of drug-likeness (QED) is 0.844. The van der Waals surface area contributed by atoms with Crippen molar-refractivity contribution in [1.29, 1.82) is 0 Å². The first-order valence-electron chi connectivity index (χ1n) is 8.78. The smallest absolute Gasteiger partial charge is 0.267 e. The number of nitrogens with zero attached hydrogens (tertiary/aromatic N) is 2. The number of carbonyl (C=O) groups excluding carboxylic acids is 1. The molecule has 0 bridgehead atoms. The molecular weight excluding hydrogens is 334 g/mol. The lowest BCUT2D eigenvalue weighted by molar-refractivity contribution is 0.102. The number of hydrogen-bond donors (Lipinski definition) is 1. The first kappa shape index (κ1) is 17.9. The van der Waals surface area contributed by atoms with Crippen LogP contribution >= 0.6 is 11.3 Å². The summed E-state index contributed by atoms with van der Waals surface area (Å²) in [4.78, 5) is 20.2. The number of thiazole rings is 1. The fourth-order valence-electron chi connectivity index (χ4n) is 2.94. The number of hydrogen-bond acceptors (Lipinski definition) is 5. The van der Waals surface area contributed by atoms with Gasteiger partial charge >= 0.3 is 0 Å². The summed E-state index contributed by atoms with van der Waals surface area (Å²) in [6.45, 7) is 8.98. The molecule has 5 nitrogen and oxygen atoms in total. The van der Waals surface area contributed by atoms with Crippen molar-refractivity contribution in [2.45, 2.75) is 46.3 Å². The molecule has 1 aromatic heterocycles. The molecule has 6 heteroatoms. The lowest BCUT2D eigenvalue weighted by atomic mass is 10.3. The molecule has 25 heavy (non-hydrogen) atoms. The number of rotatable bonds is 6. The van der Waals surface area contributed by atoms with Crippen LogP contribution in [0.5, 0.6) is 5.75 Å². The van der Waals surface area contributed by atoms with E-state index < -0.39 is 0 Å². The number of anilines is 1. The molecule has 0 radical (unpaired) electrons. The Bertz CT molecular complexity index is 719. The number of aromatic nitrogens is 1. The summed E-state index contributed by atoms with van der Waals surface area (Å²) in [6, 6.07) is 7.45. The molecular formula is C19H25N3O2S. The van der Waals surface area contributed by atoms with Crippen molar-refractivity contribution in [2.24, 2.45) is 0 Å². The molecule has 0 saturated carbocycles. The molecule has 1 aliphatic rings. The predicted molar refractivity (Wildman–Crippen MR) is 102 cm³/mol. The Kier molecular flexibility index (Phi) is 5.71. The fraction of sp³-hybridized carbons (Fsp3) is 0.474. The molecule has 0 atom stereocenters. The highest BCUT2D eigenvalue weighted by Gasteiger charge is 2.18. The van der Waals surface area contributed by atoms with Gasteiger partial charge in [0.25, 0.3) is 5.91 Å². The third kappa shape index (κ3) is 4.80. The van der Waals surface area contributed by atoms with Crippen LogP contribution < -0.4 is 10.1 Å². The van der Waals surface area contributed by atoms with E-state index in [1.54, 1.807) is 0 Å². The summed E-state index contributed by atoms with van der Waals surface area (Å²) in [5.74, 6) is 0.704. The minimum absolute atomic E-state index is 0.0970. The van der Waals surface area contributed by atoms with Crippen LogP contribution in [-0.2, 0) is 6.54 Å². The van der Waals surface area contributed by atoms with E-state index in [-0.39, 0.29) is 12.0 Å². The Morgan fingerprint density at radius 3 is 2.60 bits per heavy atom. The second-order valence-corrected chi connectivity index (χ2v) is 7.73. The van der Waals surface area contributed by atoms with Crippen molar-refractivity contribution >= 4 is 22.9 Å². The van der Waals surface area contributed by atoms with Gasteiger partial charge < -0.3 is 10.1 Å². The molecule has 1 aliphatic heterocycles. The van der Waals surface area contributed by atoms with Crippen LogP contribution in [0.3, 0.4) is 0 Å². The Labute approximate surface area is 153 Å². The van der Waals surface area contributed by atoms with E-state index in [4.69, 9.17) is 4.74 Å². The Morgan fingerprint density at radius 2 is 1.96 bits per heavy atom. The third-order valence-corrected chi connectivity index (χ3v) is 5.23. The summed E-state index contributed by atoms with van der Waals surface area (Å²) < 4.78 is 5.62. The van der Waals surface area contributed by atoms with Gasteiger partial charge in [-0.1, -0.05) is 0 Å². The zero-order chi connectivity index (χ0) is 17.8. The average Bonchev–Trinajstić information content (AvgIpc) is 3.19. The summed E-state index contributed by atoms with van der Waals surface area (Å²) in [5.41, 5.74) is 1.56. The Hall–Kier alpha value is -1.92. The molecule has 0 unspecified atom stereocenters. The molecule has 134 valence electrons. The number of benzene rings is 1. The normalized spacial score (nSPS) is 14.9. The van der Waals surface area contributed by atoms with Crippen molar-refractivity contribution in [3.05, 3.63) is 39.8 Å². The largest absolute Gasteiger partial charge is 0.491 e. The first-order valence-corrected chi connectivity index (χ1v) is 9.59. The monoisotopic (exact) mass is 359 g/mol. The molecule has 3 rings (SSSR count). The van der Waals surface area contributed by atoms with Crippen molar-refractivity contribution in [3.8, 4) is 5.75 Å². The summed E-state index contributed by atoms with van der Waals surface area (Å²) in [5, 5.41) is 3.97. The number of likely N-dealkylation sites (tertiary alicyclic amines) is 1. The van der Waals surface area contributed by atoms with Gasteiger partial charge in [-0.25, -0.2) is 4.98 Å². The maximum atomic E-state index is 12.6. The van der Waals surface area contributed by atoms with E-state index in [9.17, 15) is 4.79 Å². The average molecular weight is 359 g/mol. The van der Waals surface area contributed by atoms with Crippen LogP contribution in [0.25, 0.3) is 0 Å². The first-order chi connectivity index (χ1) is 12.0. The van der Waals surface area contributed by atoms with Gasteiger partial charge in [-0.3, -0.25) is 9.69 Å². The summed E-state index contributed by atoms with van der Waals surface area (Å²) in [6.07, 6.45) is 2.65. The zero-order valence-electron chi connectivity index (χ0n) is 15.0. The maximum Gasteiger partial charge on any atom is 0.267 e. The van der Waals surface area contributed by atoms with Crippen molar-refractivity contribution < 1.29 is 9.53 Å². The van der Waals surface area contributed by atoms with Crippen LogP contribution in [0, 0.1) is 6.92 Å². The molecule has 1 amide bonds. The highest BCUT2D eigenvalue weighted by Crippen LogP contribution is 2.23. The van der Waals surface area contributed by atoms with Gasteiger partial charge in [0.15, 0.2) is 0 Å². The molecule has 1 N–H and O–H groups in total. The number of aryl methyl sites for hydroxylation is 1. The molecule has 2 heterocycles. The van der Waals surface area contributed by atoms with Gasteiger partial charge in [0.05, 0.1) is 18.3 Å². The SMILES string of the molecule is Cc1nc(CN2CCCC2)sc1C(=O)Nc1ccc(OC(C)C)cc1. The van der Waals surface area contributed by atoms with Gasteiger partial charge in [-0.2, -0.15) is 0 Å². The van der Waals surface area contributed by atoms with E-state index in [0.29, 0.717) is 4.88 Å². The number of carbonyl (C=O) groups is 1. The molecule has 0 aliphatic carbocycles. The zero-order valence-corrected chi connectivity index (χ0v) is 15.9. The van der Waals surface area contributed by atoms with E-state index in [1.807, 2.05) is 45.0 Å². The van der Waals surface area contributed by atoms with Crippen LogP contribution in [0.1, 0.15) is 47.1 Å². The van der Waals surface area contributed by atoms with E-state index in [1.165, 1.54) is 24.2 Å². The van der Waals surface area contributed by atoms with Crippen molar-refractivity contribution in [2.75, 3.05) is 18.4 Å². The number of ether oxygens (including phenoxy) is 1. The van der Waals surface area contributed by atoms with Crippen LogP contribution in [0.15, 0.2) is 24.3 Å². The standard InChI is InChI=1S/C19H25N3O2S/c1-13(2)24-16-8-6-15(7-9-16)21-19(23)18-14(3)20-17(25-18)12-22-10-4-5-11-22/h6-9,13H,4-5,10-12H2,1-3H3,(H,21,23). The molecule has 1 fully saturated rings. The topological polar surface area (TPSA) is 54.5 Å². The number of nitrogens with one attached hydrogen (secondary N) is 1. The van der Waals surface area contributed by atoms with Crippen LogP contribution in [0.4, 0.5) is 5.69 Å². The lowest BCUT2D eigenvalue weighted by Crippen LogP contribution is -2.18. The van der Waals surface area contributed by atoms with Gasteiger partial charge in [-0.05, 0) is 71.0 Å². The van der Waals surface area contributed by atoms with Gasteiger partial charge in [0.1, 0.15) is 15.6 Å². The van der Waals surface area contributed by atoms with Crippen LogP contribution in [0.2, 0.25) is 0 Å². The third-order valence-electron chi connectivity index (χ3n) is 4.09. The summed E-state index contributed by atoms with van der Waals surface area (Å²) >= 11 is 1.50. The summed E-state index contributed by atoms with van der Waals surface area (Å²) in [7, 11) is 0. The van der Waals surface area contributed by atoms with Crippen LogP contribution in [-0.4, -0.2) is 35.0 Å². The number of amides is 1. The fourth-order valence-corrected chi connectivity index (χ4v) is 3.94. The van der Waals surface area contributed by atoms with Crippen molar-refractivity contribution in [3.63, 3.8) is 0 Å². The minimum Gasteiger partial charge on any atom is -0.491 e. The molecule has 2 aromatic rings. The lowest BCUT2D eigenvalue weighted by Gasteiger charge is -2.11. The second kappa shape index (κ2) is 7.97. The van der Waals surface area contributed by atoms with E-state index in [2.05, 4.69) is 15.2 Å². The van der Waals surface area contributed by atoms with E-state index >= 15 is 0 Å². The van der Waals surface area contributed by atoms with E-state index in [0.717, 1.165) is 41.8 Å². The predicted octanol–water partition coefficient (Wildman–Crippen LogP) is 4.09. The maximum absolute atomic E-state index is 12.6. The molecule has 1 saturated heterocycles. The second-order valence-electron chi connectivity index (χ2n) is 6.65. The van der Waals surface area contributed by atoms with Crippen molar-refractivity contribution in [1.82, 2.24) is 9.88 Å². The van der Waals surface area contributed by atoms with Gasteiger partial charge in [0.2, 0.25) is 0 Å². The Morgan fingerprint density at radius 1 is 1.28 bits per heavy atom. The molecule has 1 aromatic carbocycles.